The molecule has 0 atom stereocenters. The number of aromatic nitrogens is 2. The molecule has 0 unspecified atom stereocenters. The van der Waals surface area contributed by atoms with Gasteiger partial charge < -0.3 is 9.51 Å². The second-order valence-electron chi connectivity index (χ2n) is 3.86. The molecule has 0 bridgehead atoms. The van der Waals surface area contributed by atoms with Gasteiger partial charge in [-0.25, -0.2) is 4.98 Å². The molecule has 1 aromatic carbocycles. The van der Waals surface area contributed by atoms with Crippen LogP contribution in [0, 0.1) is 0 Å². The number of rotatable bonds is 2. The van der Waals surface area contributed by atoms with Crippen LogP contribution in [0.15, 0.2) is 54.7 Å². The highest BCUT2D eigenvalue weighted by Gasteiger charge is 2.11. The number of pyridine rings is 1. The highest BCUT2D eigenvalue weighted by molar-refractivity contribution is 5.66. The summed E-state index contributed by atoms with van der Waals surface area (Å²) in [7, 11) is 0. The first-order valence-corrected chi connectivity index (χ1v) is 5.52. The third-order valence-electron chi connectivity index (χ3n) is 2.83. The van der Waals surface area contributed by atoms with Gasteiger partial charge in [0.05, 0.1) is 18.0 Å². The van der Waals surface area contributed by atoms with E-state index in [1.807, 2.05) is 59.1 Å². The minimum atomic E-state index is -0.0184. The molecule has 0 radical (unpaired) electrons. The largest absolute Gasteiger partial charge is 0.390 e. The molecule has 0 saturated heterocycles. The molecule has 1 N–H and O–H groups in total. The first-order valence-electron chi connectivity index (χ1n) is 5.52. The number of hydrogen-bond acceptors (Lipinski definition) is 2. The van der Waals surface area contributed by atoms with Gasteiger partial charge in [-0.1, -0.05) is 36.4 Å². The number of benzene rings is 1. The van der Waals surface area contributed by atoms with Crippen LogP contribution in [-0.2, 0) is 6.61 Å². The Balaban J connectivity index is 2.30. The molecule has 0 aliphatic carbocycles. The minimum absolute atomic E-state index is 0.0184. The zero-order valence-corrected chi connectivity index (χ0v) is 9.24. The highest BCUT2D eigenvalue weighted by atomic mass is 16.3. The molecular weight excluding hydrogens is 212 g/mol. The number of aliphatic hydroxyl groups excluding tert-OH is 1. The Bertz CT molecular complexity index is 644. The fraction of sp³-hybridized carbons (Fsp3) is 0.0714. The maximum absolute atomic E-state index is 9.51. The Labute approximate surface area is 99.0 Å². The highest BCUT2D eigenvalue weighted by Crippen LogP contribution is 2.23. The molecule has 2 heterocycles. The predicted octanol–water partition coefficient (Wildman–Crippen LogP) is 2.49. The number of fused-ring (bicyclic) bond motifs is 1. The van der Waals surface area contributed by atoms with Crippen molar-refractivity contribution in [2.75, 3.05) is 0 Å². The van der Waals surface area contributed by atoms with Crippen LogP contribution in [0.2, 0.25) is 0 Å². The van der Waals surface area contributed by atoms with Crippen molar-refractivity contribution in [3.8, 4) is 11.3 Å². The summed E-state index contributed by atoms with van der Waals surface area (Å²) in [5, 5.41) is 9.51. The van der Waals surface area contributed by atoms with Gasteiger partial charge >= 0.3 is 0 Å². The van der Waals surface area contributed by atoms with Crippen molar-refractivity contribution < 1.29 is 5.11 Å². The molecule has 0 amide bonds. The molecule has 0 spiro atoms. The molecule has 3 aromatic rings. The van der Waals surface area contributed by atoms with E-state index in [0.29, 0.717) is 0 Å². The van der Waals surface area contributed by atoms with Gasteiger partial charge in [0.2, 0.25) is 0 Å². The third-order valence-corrected chi connectivity index (χ3v) is 2.83. The molecule has 0 saturated carbocycles. The third kappa shape index (κ3) is 1.61. The van der Waals surface area contributed by atoms with Crippen molar-refractivity contribution in [2.24, 2.45) is 0 Å². The van der Waals surface area contributed by atoms with Crippen molar-refractivity contribution >= 4 is 5.65 Å². The molecular formula is C14H12N2O. The Kier molecular flexibility index (Phi) is 2.38. The van der Waals surface area contributed by atoms with Gasteiger partial charge in [-0.3, -0.25) is 0 Å². The van der Waals surface area contributed by atoms with E-state index >= 15 is 0 Å². The normalized spacial score (nSPS) is 10.9. The van der Waals surface area contributed by atoms with Crippen LogP contribution in [-0.4, -0.2) is 14.5 Å². The lowest BCUT2D eigenvalue weighted by atomic mass is 10.1. The van der Waals surface area contributed by atoms with E-state index in [1.165, 1.54) is 0 Å². The molecule has 17 heavy (non-hydrogen) atoms. The zero-order valence-electron chi connectivity index (χ0n) is 9.24. The molecule has 84 valence electrons. The van der Waals surface area contributed by atoms with E-state index in [2.05, 4.69) is 4.98 Å². The van der Waals surface area contributed by atoms with E-state index in [-0.39, 0.29) is 6.61 Å². The smallest absolute Gasteiger partial charge is 0.137 e. The van der Waals surface area contributed by atoms with Crippen LogP contribution in [0.25, 0.3) is 16.9 Å². The summed E-state index contributed by atoms with van der Waals surface area (Å²) in [4.78, 5) is 4.56. The maximum Gasteiger partial charge on any atom is 0.137 e. The molecule has 0 aliphatic heterocycles. The van der Waals surface area contributed by atoms with Crippen LogP contribution in [0.4, 0.5) is 0 Å². The van der Waals surface area contributed by atoms with Gasteiger partial charge in [-0.15, -0.1) is 0 Å². The number of imidazole rings is 1. The Morgan fingerprint density at radius 2 is 1.76 bits per heavy atom. The predicted molar refractivity (Wildman–Crippen MR) is 66.6 cm³/mol. The molecule has 0 aliphatic rings. The topological polar surface area (TPSA) is 37.5 Å². The number of hydrogen-bond donors (Lipinski definition) is 1. The average Bonchev–Trinajstić information content (AvgIpc) is 2.78. The first-order chi connectivity index (χ1) is 8.40. The van der Waals surface area contributed by atoms with Crippen molar-refractivity contribution in [3.63, 3.8) is 0 Å². The first kappa shape index (κ1) is 10.1. The van der Waals surface area contributed by atoms with Crippen molar-refractivity contribution in [1.29, 1.82) is 0 Å². The fourth-order valence-corrected chi connectivity index (χ4v) is 2.02. The van der Waals surface area contributed by atoms with Gasteiger partial charge in [0, 0.05) is 11.8 Å². The van der Waals surface area contributed by atoms with Gasteiger partial charge in [-0.2, -0.15) is 0 Å². The molecule has 3 heteroatoms. The lowest BCUT2D eigenvalue weighted by Crippen LogP contribution is -1.93. The number of aliphatic hydroxyl groups is 1. The molecule has 2 aromatic heterocycles. The van der Waals surface area contributed by atoms with Crippen LogP contribution in [0.3, 0.4) is 0 Å². The summed E-state index contributed by atoms with van der Waals surface area (Å²) in [6.07, 6.45) is 1.92. The summed E-state index contributed by atoms with van der Waals surface area (Å²) in [5.74, 6) is 0. The van der Waals surface area contributed by atoms with Crippen LogP contribution in [0.1, 0.15) is 5.69 Å². The van der Waals surface area contributed by atoms with Crippen LogP contribution >= 0.6 is 0 Å². The molecule has 3 nitrogen and oxygen atoms in total. The van der Waals surface area contributed by atoms with Crippen LogP contribution < -0.4 is 0 Å². The Hall–Kier alpha value is -2.13. The lowest BCUT2D eigenvalue weighted by molar-refractivity contribution is 0.276. The van der Waals surface area contributed by atoms with E-state index in [0.717, 1.165) is 22.6 Å². The van der Waals surface area contributed by atoms with Crippen molar-refractivity contribution in [2.45, 2.75) is 6.61 Å². The van der Waals surface area contributed by atoms with Gasteiger partial charge in [0.1, 0.15) is 5.65 Å². The van der Waals surface area contributed by atoms with E-state index in [1.54, 1.807) is 0 Å². The summed E-state index contributed by atoms with van der Waals surface area (Å²) in [5.41, 5.74) is 3.56. The second kappa shape index (κ2) is 4.03. The maximum atomic E-state index is 9.51. The summed E-state index contributed by atoms with van der Waals surface area (Å²) in [6, 6.07) is 15.7. The molecule has 3 rings (SSSR count). The van der Waals surface area contributed by atoms with E-state index < -0.39 is 0 Å². The molecule has 0 fully saturated rings. The Morgan fingerprint density at radius 3 is 2.53 bits per heavy atom. The SMILES string of the molecule is OCc1c(-c2ccccc2)nc2ccccn12. The lowest BCUT2D eigenvalue weighted by Gasteiger charge is -2.01. The zero-order chi connectivity index (χ0) is 11.7. The number of nitrogens with zero attached hydrogens (tertiary/aromatic N) is 2. The standard InChI is InChI=1S/C14H12N2O/c17-10-12-14(11-6-2-1-3-7-11)15-13-8-4-5-9-16(12)13/h1-9,17H,10H2. The monoisotopic (exact) mass is 224 g/mol. The van der Waals surface area contributed by atoms with Gasteiger partial charge in [0.15, 0.2) is 0 Å². The van der Waals surface area contributed by atoms with Gasteiger partial charge in [-0.05, 0) is 12.1 Å². The summed E-state index contributed by atoms with van der Waals surface area (Å²) >= 11 is 0. The average molecular weight is 224 g/mol. The Morgan fingerprint density at radius 1 is 1.00 bits per heavy atom. The van der Waals surface area contributed by atoms with Crippen molar-refractivity contribution in [3.05, 3.63) is 60.4 Å². The van der Waals surface area contributed by atoms with Crippen molar-refractivity contribution in [1.82, 2.24) is 9.38 Å². The van der Waals surface area contributed by atoms with E-state index in [4.69, 9.17) is 0 Å². The second-order valence-corrected chi connectivity index (χ2v) is 3.86. The summed E-state index contributed by atoms with van der Waals surface area (Å²) in [6.45, 7) is -0.0184. The minimum Gasteiger partial charge on any atom is -0.390 e. The van der Waals surface area contributed by atoms with E-state index in [9.17, 15) is 5.11 Å². The van der Waals surface area contributed by atoms with Crippen LogP contribution in [0.5, 0.6) is 0 Å². The summed E-state index contributed by atoms with van der Waals surface area (Å²) < 4.78 is 1.92. The fourth-order valence-electron chi connectivity index (χ4n) is 2.02. The quantitative estimate of drug-likeness (QED) is 0.726. The van der Waals surface area contributed by atoms with Gasteiger partial charge in [0.25, 0.3) is 0 Å².